The highest BCUT2D eigenvalue weighted by Crippen LogP contribution is 2.35. The van der Waals surface area contributed by atoms with E-state index in [2.05, 4.69) is 5.32 Å². The van der Waals surface area contributed by atoms with Crippen molar-refractivity contribution in [3.8, 4) is 0 Å². The molecular weight excluding hydrogens is 308 g/mol. The minimum atomic E-state index is -0.533. The zero-order chi connectivity index (χ0) is 16.8. The highest BCUT2D eigenvalue weighted by atomic mass is 16.7. The van der Waals surface area contributed by atoms with E-state index < -0.39 is 5.79 Å². The fourth-order valence-corrected chi connectivity index (χ4v) is 3.51. The van der Waals surface area contributed by atoms with E-state index in [4.69, 9.17) is 14.2 Å². The summed E-state index contributed by atoms with van der Waals surface area (Å²) in [6, 6.07) is 9.74. The lowest BCUT2D eigenvalue weighted by Gasteiger charge is -2.40. The Balaban J connectivity index is 1.48. The third kappa shape index (κ3) is 3.88. The van der Waals surface area contributed by atoms with Crippen LogP contribution >= 0.6 is 0 Å². The largest absolute Gasteiger partial charge is 0.445 e. The van der Waals surface area contributed by atoms with Crippen molar-refractivity contribution in [2.75, 3.05) is 39.9 Å². The van der Waals surface area contributed by atoms with Gasteiger partial charge in [0.25, 0.3) is 0 Å². The van der Waals surface area contributed by atoms with Gasteiger partial charge < -0.3 is 24.4 Å². The number of amides is 1. The normalized spacial score (nSPS) is 21.0. The molecule has 2 heterocycles. The summed E-state index contributed by atoms with van der Waals surface area (Å²) >= 11 is 0. The van der Waals surface area contributed by atoms with Crippen molar-refractivity contribution in [1.82, 2.24) is 10.2 Å². The monoisotopic (exact) mass is 334 g/mol. The number of hydrogen-bond acceptors (Lipinski definition) is 5. The van der Waals surface area contributed by atoms with E-state index in [1.807, 2.05) is 37.4 Å². The molecule has 0 atom stereocenters. The van der Waals surface area contributed by atoms with Gasteiger partial charge in [-0.15, -0.1) is 0 Å². The minimum absolute atomic E-state index is 0.242. The maximum Gasteiger partial charge on any atom is 0.410 e. The van der Waals surface area contributed by atoms with Gasteiger partial charge in [-0.25, -0.2) is 4.79 Å². The topological polar surface area (TPSA) is 60.0 Å². The zero-order valence-electron chi connectivity index (χ0n) is 14.2. The summed E-state index contributed by atoms with van der Waals surface area (Å²) in [7, 11) is 1.91. The van der Waals surface area contributed by atoms with Crippen LogP contribution in [0.4, 0.5) is 4.79 Å². The Kier molecular flexibility index (Phi) is 5.71. The molecule has 1 amide bonds. The van der Waals surface area contributed by atoms with Crippen LogP contribution < -0.4 is 5.32 Å². The molecule has 132 valence electrons. The van der Waals surface area contributed by atoms with Gasteiger partial charge in [-0.1, -0.05) is 30.3 Å². The summed E-state index contributed by atoms with van der Waals surface area (Å²) in [5.41, 5.74) is 1.00. The molecule has 6 heteroatoms. The first-order valence-electron chi connectivity index (χ1n) is 8.62. The maximum absolute atomic E-state index is 12.2. The number of ether oxygens (including phenoxy) is 3. The fraction of sp³-hybridized carbons (Fsp3) is 0.611. The van der Waals surface area contributed by atoms with E-state index in [9.17, 15) is 4.79 Å². The molecule has 1 aromatic carbocycles. The predicted molar refractivity (Wildman–Crippen MR) is 89.5 cm³/mol. The SMILES string of the molecule is CNCC1(C2CCN(C(=O)OCc3ccccc3)CC2)OCCO1. The molecule has 3 rings (SSSR count). The third-order valence-corrected chi connectivity index (χ3v) is 4.78. The summed E-state index contributed by atoms with van der Waals surface area (Å²) < 4.78 is 17.2. The summed E-state index contributed by atoms with van der Waals surface area (Å²) in [6.07, 6.45) is 1.48. The standard InChI is InChI=1S/C18H26N2O4/c1-19-14-18(23-11-12-24-18)16-7-9-20(10-8-16)17(21)22-13-15-5-3-2-4-6-15/h2-6,16,19H,7-14H2,1H3. The van der Waals surface area contributed by atoms with Crippen LogP contribution in [-0.2, 0) is 20.8 Å². The third-order valence-electron chi connectivity index (χ3n) is 4.78. The van der Waals surface area contributed by atoms with E-state index in [1.54, 1.807) is 4.90 Å². The van der Waals surface area contributed by atoms with Crippen molar-refractivity contribution < 1.29 is 19.0 Å². The van der Waals surface area contributed by atoms with Gasteiger partial charge >= 0.3 is 6.09 Å². The van der Waals surface area contributed by atoms with Crippen molar-refractivity contribution in [2.45, 2.75) is 25.2 Å². The van der Waals surface area contributed by atoms with Gasteiger partial charge in [-0.2, -0.15) is 0 Å². The number of benzene rings is 1. The number of hydrogen-bond donors (Lipinski definition) is 1. The molecule has 24 heavy (non-hydrogen) atoms. The summed E-state index contributed by atoms with van der Waals surface area (Å²) in [6.45, 7) is 3.63. The molecule has 2 saturated heterocycles. The summed E-state index contributed by atoms with van der Waals surface area (Å²) in [5.74, 6) is -0.236. The predicted octanol–water partition coefficient (Wildman–Crippen LogP) is 2.00. The van der Waals surface area contributed by atoms with Gasteiger partial charge in [0.05, 0.1) is 13.2 Å². The van der Waals surface area contributed by atoms with Crippen LogP contribution in [0.15, 0.2) is 30.3 Å². The average Bonchev–Trinajstić information content (AvgIpc) is 3.11. The van der Waals surface area contributed by atoms with Crippen LogP contribution in [0, 0.1) is 5.92 Å². The number of nitrogens with one attached hydrogen (secondary N) is 1. The average molecular weight is 334 g/mol. The van der Waals surface area contributed by atoms with E-state index in [1.165, 1.54) is 0 Å². The van der Waals surface area contributed by atoms with Crippen LogP contribution in [0.3, 0.4) is 0 Å². The van der Waals surface area contributed by atoms with Crippen molar-refractivity contribution >= 4 is 6.09 Å². The van der Waals surface area contributed by atoms with Crippen LogP contribution in [0.2, 0.25) is 0 Å². The van der Waals surface area contributed by atoms with Gasteiger partial charge in [-0.3, -0.25) is 0 Å². The van der Waals surface area contributed by atoms with Gasteiger partial charge in [0.15, 0.2) is 5.79 Å². The van der Waals surface area contributed by atoms with Crippen molar-refractivity contribution in [3.63, 3.8) is 0 Å². The first-order chi connectivity index (χ1) is 11.7. The highest BCUT2D eigenvalue weighted by Gasteiger charge is 2.45. The van der Waals surface area contributed by atoms with E-state index in [-0.39, 0.29) is 6.09 Å². The zero-order valence-corrected chi connectivity index (χ0v) is 14.2. The summed E-state index contributed by atoms with van der Waals surface area (Å²) in [5, 5.41) is 3.16. The second kappa shape index (κ2) is 7.96. The smallest absolute Gasteiger partial charge is 0.410 e. The molecule has 0 bridgehead atoms. The van der Waals surface area contributed by atoms with E-state index in [0.717, 1.165) is 18.4 Å². The van der Waals surface area contributed by atoms with Crippen LogP contribution in [0.1, 0.15) is 18.4 Å². The Morgan fingerprint density at radius 2 is 1.92 bits per heavy atom. The number of carbonyl (C=O) groups is 1. The second-order valence-electron chi connectivity index (χ2n) is 6.34. The molecule has 0 aromatic heterocycles. The van der Waals surface area contributed by atoms with Crippen LogP contribution in [-0.4, -0.2) is 56.7 Å². The number of likely N-dealkylation sites (tertiary alicyclic amines) is 1. The lowest BCUT2D eigenvalue weighted by Crippen LogP contribution is -2.52. The van der Waals surface area contributed by atoms with Crippen molar-refractivity contribution in [2.24, 2.45) is 5.92 Å². The van der Waals surface area contributed by atoms with E-state index >= 15 is 0 Å². The molecule has 2 fully saturated rings. The lowest BCUT2D eigenvalue weighted by molar-refractivity contribution is -0.199. The molecule has 0 saturated carbocycles. The number of carbonyl (C=O) groups excluding carboxylic acids is 1. The fourth-order valence-electron chi connectivity index (χ4n) is 3.51. The molecular formula is C18H26N2O4. The molecule has 2 aliphatic heterocycles. The van der Waals surface area contributed by atoms with Crippen LogP contribution in [0.5, 0.6) is 0 Å². The van der Waals surface area contributed by atoms with Gasteiger partial charge in [0.2, 0.25) is 0 Å². The van der Waals surface area contributed by atoms with Crippen LogP contribution in [0.25, 0.3) is 0 Å². The quantitative estimate of drug-likeness (QED) is 0.892. The van der Waals surface area contributed by atoms with Gasteiger partial charge in [-0.05, 0) is 25.5 Å². The molecule has 0 radical (unpaired) electrons. The Morgan fingerprint density at radius 3 is 2.54 bits per heavy atom. The van der Waals surface area contributed by atoms with Crippen molar-refractivity contribution in [1.29, 1.82) is 0 Å². The summed E-state index contributed by atoms with van der Waals surface area (Å²) in [4.78, 5) is 14.0. The molecule has 0 unspecified atom stereocenters. The molecule has 1 N–H and O–H groups in total. The van der Waals surface area contributed by atoms with E-state index in [0.29, 0.717) is 45.4 Å². The Labute approximate surface area is 143 Å². The highest BCUT2D eigenvalue weighted by molar-refractivity contribution is 5.67. The molecule has 0 aliphatic carbocycles. The van der Waals surface area contributed by atoms with Crippen molar-refractivity contribution in [3.05, 3.63) is 35.9 Å². The number of nitrogens with zero attached hydrogens (tertiary/aromatic N) is 1. The molecule has 2 aliphatic rings. The van der Waals surface area contributed by atoms with Gasteiger partial charge in [0, 0.05) is 25.6 Å². The lowest BCUT2D eigenvalue weighted by atomic mass is 9.88. The first-order valence-corrected chi connectivity index (χ1v) is 8.62. The minimum Gasteiger partial charge on any atom is -0.445 e. The number of likely N-dealkylation sites (N-methyl/N-ethyl adjacent to an activating group) is 1. The molecule has 1 aromatic rings. The Morgan fingerprint density at radius 1 is 1.25 bits per heavy atom. The second-order valence-corrected chi connectivity index (χ2v) is 6.34. The molecule has 6 nitrogen and oxygen atoms in total. The maximum atomic E-state index is 12.2. The molecule has 0 spiro atoms. The Bertz CT molecular complexity index is 523. The Hall–Kier alpha value is -1.63. The van der Waals surface area contributed by atoms with Gasteiger partial charge in [0.1, 0.15) is 6.61 Å². The number of rotatable bonds is 5. The number of piperidine rings is 1. The first kappa shape index (κ1) is 17.2.